The number of nitrogens with one attached hydrogen (secondary N) is 2. The zero-order valence-corrected chi connectivity index (χ0v) is 16.1. The lowest BCUT2D eigenvalue weighted by Gasteiger charge is -2.32. The van der Waals surface area contributed by atoms with Crippen LogP contribution in [0.1, 0.15) is 44.4 Å². The lowest BCUT2D eigenvalue weighted by Crippen LogP contribution is -2.46. The molecule has 1 aliphatic rings. The molecule has 0 radical (unpaired) electrons. The Morgan fingerprint density at radius 2 is 2.04 bits per heavy atom. The van der Waals surface area contributed by atoms with E-state index in [-0.39, 0.29) is 17.9 Å². The van der Waals surface area contributed by atoms with Crippen molar-refractivity contribution in [1.82, 2.24) is 20.0 Å². The number of nitrogens with zero attached hydrogens (tertiary/aromatic N) is 3. The fourth-order valence-electron chi connectivity index (χ4n) is 3.20. The highest BCUT2D eigenvalue weighted by Gasteiger charge is 2.26. The molecule has 1 aromatic rings. The van der Waals surface area contributed by atoms with Crippen LogP contribution < -0.4 is 10.6 Å². The Morgan fingerprint density at radius 1 is 1.32 bits per heavy atom. The first-order valence-corrected chi connectivity index (χ1v) is 9.10. The maximum Gasteiger partial charge on any atom is 0.317 e. The first-order chi connectivity index (χ1) is 11.8. The van der Waals surface area contributed by atoms with Crippen LogP contribution in [-0.2, 0) is 11.8 Å². The molecule has 2 rings (SSSR count). The van der Waals surface area contributed by atoms with Gasteiger partial charge in [0.05, 0.1) is 5.69 Å². The Labute approximate surface area is 150 Å². The van der Waals surface area contributed by atoms with Crippen LogP contribution in [0.25, 0.3) is 0 Å². The lowest BCUT2D eigenvalue weighted by molar-refractivity contribution is -0.117. The number of carbonyl (C=O) groups excluding carboxylic acids is 2. The quantitative estimate of drug-likeness (QED) is 0.857. The molecule has 0 spiro atoms. The second-order valence-corrected chi connectivity index (χ2v) is 7.47. The van der Waals surface area contributed by atoms with Crippen LogP contribution in [0.15, 0.2) is 0 Å². The summed E-state index contributed by atoms with van der Waals surface area (Å²) in [5.74, 6) is 1.37. The molecule has 140 valence electrons. The molecule has 1 aliphatic heterocycles. The van der Waals surface area contributed by atoms with Gasteiger partial charge in [0.1, 0.15) is 5.82 Å². The first-order valence-electron chi connectivity index (χ1n) is 9.10. The molecule has 7 nitrogen and oxygen atoms in total. The predicted molar refractivity (Wildman–Crippen MR) is 98.5 cm³/mol. The molecule has 3 amide bonds. The normalized spacial score (nSPS) is 17.7. The number of aryl methyl sites for hydroxylation is 2. The van der Waals surface area contributed by atoms with Gasteiger partial charge in [-0.15, -0.1) is 0 Å². The van der Waals surface area contributed by atoms with E-state index in [0.29, 0.717) is 25.4 Å². The predicted octanol–water partition coefficient (Wildman–Crippen LogP) is 2.44. The molecule has 1 fully saturated rings. The number of amides is 3. The molecule has 0 aromatic carbocycles. The second-order valence-electron chi connectivity index (χ2n) is 7.47. The van der Waals surface area contributed by atoms with E-state index in [0.717, 1.165) is 36.5 Å². The summed E-state index contributed by atoms with van der Waals surface area (Å²) < 4.78 is 1.70. The molecule has 0 aliphatic carbocycles. The van der Waals surface area contributed by atoms with Gasteiger partial charge in [-0.05, 0) is 38.5 Å². The third kappa shape index (κ3) is 5.21. The average Bonchev–Trinajstić information content (AvgIpc) is 2.79. The number of rotatable bonds is 5. The van der Waals surface area contributed by atoms with E-state index in [1.165, 1.54) is 0 Å². The number of aromatic nitrogens is 2. The molecule has 0 unspecified atom stereocenters. The number of likely N-dealkylation sites (tertiary alicyclic amines) is 1. The summed E-state index contributed by atoms with van der Waals surface area (Å²) >= 11 is 0. The van der Waals surface area contributed by atoms with Gasteiger partial charge in [0, 0.05) is 38.7 Å². The smallest absolute Gasteiger partial charge is 0.317 e. The maximum absolute atomic E-state index is 12.4. The van der Waals surface area contributed by atoms with Crippen LogP contribution in [0, 0.1) is 25.7 Å². The molecular weight excluding hydrogens is 318 g/mol. The van der Waals surface area contributed by atoms with E-state index < -0.39 is 0 Å². The zero-order chi connectivity index (χ0) is 18.6. The van der Waals surface area contributed by atoms with Crippen LogP contribution in [-0.4, -0.2) is 46.3 Å². The molecule has 2 N–H and O–H groups in total. The van der Waals surface area contributed by atoms with Gasteiger partial charge in [-0.25, -0.2) is 4.79 Å². The Hall–Kier alpha value is -2.05. The van der Waals surface area contributed by atoms with Gasteiger partial charge in [-0.2, -0.15) is 5.10 Å². The van der Waals surface area contributed by atoms with Crippen molar-refractivity contribution in [2.24, 2.45) is 18.9 Å². The summed E-state index contributed by atoms with van der Waals surface area (Å²) in [6.45, 7) is 10.1. The van der Waals surface area contributed by atoms with E-state index in [2.05, 4.69) is 29.6 Å². The number of carbonyl (C=O) groups is 2. The van der Waals surface area contributed by atoms with E-state index in [4.69, 9.17) is 0 Å². The van der Waals surface area contributed by atoms with Gasteiger partial charge in [-0.3, -0.25) is 9.48 Å². The van der Waals surface area contributed by atoms with Crippen molar-refractivity contribution < 1.29 is 9.59 Å². The molecule has 7 heteroatoms. The lowest BCUT2D eigenvalue weighted by atomic mass is 9.94. The van der Waals surface area contributed by atoms with E-state index in [1.54, 1.807) is 4.68 Å². The molecule has 1 saturated heterocycles. The minimum absolute atomic E-state index is 0.0134. The van der Waals surface area contributed by atoms with Gasteiger partial charge < -0.3 is 15.5 Å². The maximum atomic E-state index is 12.4. The first kappa shape index (κ1) is 19.3. The van der Waals surface area contributed by atoms with Crippen molar-refractivity contribution >= 4 is 17.8 Å². The van der Waals surface area contributed by atoms with Gasteiger partial charge >= 0.3 is 6.03 Å². The number of urea groups is 1. The molecule has 0 bridgehead atoms. The Kier molecular flexibility index (Phi) is 6.45. The Bertz CT molecular complexity index is 623. The third-order valence-electron chi connectivity index (χ3n) is 4.72. The summed E-state index contributed by atoms with van der Waals surface area (Å²) in [5, 5.41) is 10.3. The van der Waals surface area contributed by atoms with Crippen molar-refractivity contribution in [3.8, 4) is 0 Å². The Balaban J connectivity index is 1.87. The van der Waals surface area contributed by atoms with Crippen molar-refractivity contribution in [1.29, 1.82) is 0 Å². The molecule has 2 heterocycles. The van der Waals surface area contributed by atoms with Crippen LogP contribution >= 0.6 is 0 Å². The van der Waals surface area contributed by atoms with Crippen molar-refractivity contribution in [3.63, 3.8) is 0 Å². The molecular formula is C18H31N5O2. The van der Waals surface area contributed by atoms with E-state index in [1.807, 2.05) is 25.8 Å². The number of hydrogen-bond acceptors (Lipinski definition) is 3. The van der Waals surface area contributed by atoms with Crippen molar-refractivity contribution in [3.05, 3.63) is 11.3 Å². The molecule has 1 aromatic heterocycles. The van der Waals surface area contributed by atoms with Gasteiger partial charge in [0.15, 0.2) is 0 Å². The number of hydrogen-bond donors (Lipinski definition) is 2. The minimum Gasteiger partial charge on any atom is -0.338 e. The fourth-order valence-corrected chi connectivity index (χ4v) is 3.20. The summed E-state index contributed by atoms with van der Waals surface area (Å²) in [6, 6.07) is -0.0167. The summed E-state index contributed by atoms with van der Waals surface area (Å²) in [7, 11) is 1.83. The fraction of sp³-hybridized carbons (Fsp3) is 0.722. The van der Waals surface area contributed by atoms with Gasteiger partial charge in [0.2, 0.25) is 5.91 Å². The highest BCUT2D eigenvalue weighted by atomic mass is 16.2. The van der Waals surface area contributed by atoms with E-state index >= 15 is 0 Å². The zero-order valence-electron chi connectivity index (χ0n) is 16.1. The number of anilines is 1. The summed E-state index contributed by atoms with van der Waals surface area (Å²) in [6.07, 6.45) is 2.35. The van der Waals surface area contributed by atoms with Crippen LogP contribution in [0.3, 0.4) is 0 Å². The third-order valence-corrected chi connectivity index (χ3v) is 4.72. The molecule has 25 heavy (non-hydrogen) atoms. The highest BCUT2D eigenvalue weighted by Crippen LogP contribution is 2.22. The summed E-state index contributed by atoms with van der Waals surface area (Å²) in [4.78, 5) is 26.5. The standard InChI is InChI=1S/C18H31N5O2/c1-12(2)10-19-18(25)23-8-6-7-15(11-23)9-16(24)20-17-13(3)14(4)21-22(17)5/h12,15H,6-11H2,1-5H3,(H,19,25)(H,20,24)/t15-/m1/s1. The van der Waals surface area contributed by atoms with Gasteiger partial charge in [0.25, 0.3) is 0 Å². The van der Waals surface area contributed by atoms with Crippen molar-refractivity contribution in [2.45, 2.75) is 47.0 Å². The van der Waals surface area contributed by atoms with Crippen LogP contribution in [0.5, 0.6) is 0 Å². The van der Waals surface area contributed by atoms with Crippen molar-refractivity contribution in [2.75, 3.05) is 25.0 Å². The largest absolute Gasteiger partial charge is 0.338 e. The average molecular weight is 349 g/mol. The summed E-state index contributed by atoms with van der Waals surface area (Å²) in [5.41, 5.74) is 1.91. The molecule has 1 atom stereocenters. The topological polar surface area (TPSA) is 79.3 Å². The molecule has 0 saturated carbocycles. The number of piperidine rings is 1. The monoisotopic (exact) mass is 349 g/mol. The second kappa shape index (κ2) is 8.36. The van der Waals surface area contributed by atoms with Gasteiger partial charge in [-0.1, -0.05) is 13.8 Å². The minimum atomic E-state index is -0.0167. The van der Waals surface area contributed by atoms with E-state index in [9.17, 15) is 9.59 Å². The SMILES string of the molecule is Cc1nn(C)c(NC(=O)C[C@H]2CCCN(C(=O)NCC(C)C)C2)c1C. The highest BCUT2D eigenvalue weighted by molar-refractivity contribution is 5.90. The van der Waals surface area contributed by atoms with Crippen LogP contribution in [0.2, 0.25) is 0 Å². The van der Waals surface area contributed by atoms with Crippen LogP contribution in [0.4, 0.5) is 10.6 Å². The Morgan fingerprint density at radius 3 is 2.64 bits per heavy atom.